The number of fused-ring (bicyclic) bond motifs is 1. The van der Waals surface area contributed by atoms with Crippen molar-refractivity contribution >= 4 is 21.4 Å². The van der Waals surface area contributed by atoms with Crippen molar-refractivity contribution in [1.29, 1.82) is 0 Å². The molecule has 3 aromatic rings. The van der Waals surface area contributed by atoms with Gasteiger partial charge < -0.3 is 10.5 Å². The molecule has 0 fully saturated rings. The van der Waals surface area contributed by atoms with E-state index in [-0.39, 0.29) is 0 Å². The van der Waals surface area contributed by atoms with E-state index in [0.29, 0.717) is 5.13 Å². The van der Waals surface area contributed by atoms with Crippen LogP contribution in [0.3, 0.4) is 0 Å². The van der Waals surface area contributed by atoms with Crippen molar-refractivity contribution in [2.24, 2.45) is 0 Å². The van der Waals surface area contributed by atoms with E-state index in [1.165, 1.54) is 11.3 Å². The molecule has 0 amide bonds. The molecule has 2 aromatic heterocycles. The largest absolute Gasteiger partial charge is 0.496 e. The zero-order valence-electron chi connectivity index (χ0n) is 10.0. The van der Waals surface area contributed by atoms with Crippen molar-refractivity contribution in [1.82, 2.24) is 14.6 Å². The Balaban J connectivity index is 2.18. The van der Waals surface area contributed by atoms with E-state index in [9.17, 15) is 0 Å². The molecule has 0 bridgehead atoms. The summed E-state index contributed by atoms with van der Waals surface area (Å²) in [7, 11) is 1.66. The van der Waals surface area contributed by atoms with E-state index in [2.05, 4.69) is 16.1 Å². The molecule has 0 radical (unpaired) electrons. The molecule has 0 aliphatic rings. The molecule has 5 nitrogen and oxygen atoms in total. The number of hydrogen-bond donors (Lipinski definition) is 1. The smallest absolute Gasteiger partial charge is 0.214 e. The Morgan fingerprint density at radius 1 is 1.39 bits per heavy atom. The molecule has 0 atom stereocenters. The van der Waals surface area contributed by atoms with Crippen LogP contribution in [0, 0.1) is 6.92 Å². The molecule has 0 saturated carbocycles. The second kappa shape index (κ2) is 3.99. The van der Waals surface area contributed by atoms with Gasteiger partial charge in [0.2, 0.25) is 10.1 Å². The first-order valence-corrected chi connectivity index (χ1v) is 6.26. The van der Waals surface area contributed by atoms with E-state index < -0.39 is 0 Å². The summed E-state index contributed by atoms with van der Waals surface area (Å²) in [5.74, 6) is 0.805. The minimum Gasteiger partial charge on any atom is -0.496 e. The fourth-order valence-electron chi connectivity index (χ4n) is 1.87. The first-order valence-electron chi connectivity index (χ1n) is 5.44. The van der Waals surface area contributed by atoms with Crippen LogP contribution in [0.2, 0.25) is 0 Å². The molecular formula is C12H12N4OS. The highest BCUT2D eigenvalue weighted by Crippen LogP contribution is 2.31. The molecule has 0 saturated heterocycles. The van der Waals surface area contributed by atoms with Gasteiger partial charge in [0.15, 0.2) is 0 Å². The summed E-state index contributed by atoms with van der Waals surface area (Å²) in [6.45, 7) is 2.04. The maximum Gasteiger partial charge on any atom is 0.214 e. The zero-order chi connectivity index (χ0) is 12.7. The number of ether oxygens (including phenoxy) is 1. The molecule has 0 aliphatic heterocycles. The number of anilines is 1. The zero-order valence-corrected chi connectivity index (χ0v) is 10.9. The van der Waals surface area contributed by atoms with Crippen LogP contribution in [-0.2, 0) is 0 Å². The topological polar surface area (TPSA) is 65.4 Å². The minimum absolute atomic E-state index is 0.514. The molecule has 0 unspecified atom stereocenters. The van der Waals surface area contributed by atoms with Gasteiger partial charge in [-0.05, 0) is 19.1 Å². The predicted molar refractivity (Wildman–Crippen MR) is 72.0 cm³/mol. The van der Waals surface area contributed by atoms with E-state index in [1.807, 2.05) is 25.3 Å². The Morgan fingerprint density at radius 3 is 2.94 bits per heavy atom. The molecule has 1 aromatic carbocycles. The monoisotopic (exact) mass is 260 g/mol. The highest BCUT2D eigenvalue weighted by atomic mass is 32.1. The number of rotatable bonds is 2. The summed E-state index contributed by atoms with van der Waals surface area (Å²) in [6, 6.07) is 6.01. The van der Waals surface area contributed by atoms with E-state index in [1.54, 1.807) is 11.6 Å². The van der Waals surface area contributed by atoms with Gasteiger partial charge in [0, 0.05) is 5.56 Å². The lowest BCUT2D eigenvalue weighted by molar-refractivity contribution is 0.416. The molecule has 18 heavy (non-hydrogen) atoms. The third-order valence-electron chi connectivity index (χ3n) is 2.69. The number of hydrogen-bond acceptors (Lipinski definition) is 5. The van der Waals surface area contributed by atoms with Crippen LogP contribution in [0.1, 0.15) is 5.56 Å². The first kappa shape index (κ1) is 11.0. The van der Waals surface area contributed by atoms with Crippen molar-refractivity contribution in [3.8, 4) is 17.0 Å². The normalized spacial score (nSPS) is 11.0. The quantitative estimate of drug-likeness (QED) is 0.768. The van der Waals surface area contributed by atoms with Gasteiger partial charge in [0.1, 0.15) is 5.75 Å². The Labute approximate surface area is 108 Å². The average Bonchev–Trinajstić information content (AvgIpc) is 2.85. The van der Waals surface area contributed by atoms with E-state index in [0.717, 1.165) is 27.5 Å². The molecule has 3 rings (SSSR count). The summed E-state index contributed by atoms with van der Waals surface area (Å²) in [5.41, 5.74) is 8.60. The number of nitrogens with zero attached hydrogens (tertiary/aromatic N) is 3. The lowest BCUT2D eigenvalue weighted by atomic mass is 10.1. The number of aromatic nitrogens is 3. The van der Waals surface area contributed by atoms with Crippen molar-refractivity contribution in [3.05, 3.63) is 30.0 Å². The predicted octanol–water partition coefficient (Wildman–Crippen LogP) is 2.36. The standard InChI is InChI=1S/C12H12N4OS/c1-7-3-4-10(17-2)8(5-7)9-6-16-12(14-9)18-11(13)15-16/h3-6H,1-2H3,(H2,13,15). The highest BCUT2D eigenvalue weighted by molar-refractivity contribution is 7.20. The summed E-state index contributed by atoms with van der Waals surface area (Å²) in [6.07, 6.45) is 1.86. The minimum atomic E-state index is 0.514. The molecule has 0 aliphatic carbocycles. The first-order chi connectivity index (χ1) is 8.67. The van der Waals surface area contributed by atoms with Crippen LogP contribution in [-0.4, -0.2) is 21.7 Å². The summed E-state index contributed by atoms with van der Waals surface area (Å²) < 4.78 is 7.05. The van der Waals surface area contributed by atoms with Crippen molar-refractivity contribution in [3.63, 3.8) is 0 Å². The Morgan fingerprint density at radius 2 is 2.22 bits per heavy atom. The van der Waals surface area contributed by atoms with E-state index >= 15 is 0 Å². The molecular weight excluding hydrogens is 248 g/mol. The summed E-state index contributed by atoms with van der Waals surface area (Å²) in [4.78, 5) is 5.30. The van der Waals surface area contributed by atoms with Gasteiger partial charge >= 0.3 is 0 Å². The number of nitrogens with two attached hydrogens (primary N) is 1. The van der Waals surface area contributed by atoms with Gasteiger partial charge in [0.05, 0.1) is 19.0 Å². The fourth-order valence-corrected chi connectivity index (χ4v) is 2.51. The number of aryl methyl sites for hydroxylation is 1. The third kappa shape index (κ3) is 1.70. The number of nitrogen functional groups attached to an aromatic ring is 1. The molecule has 2 heterocycles. The number of imidazole rings is 1. The molecule has 6 heteroatoms. The number of benzene rings is 1. The number of methoxy groups -OCH3 is 1. The maximum absolute atomic E-state index is 5.63. The lowest BCUT2D eigenvalue weighted by Gasteiger charge is -2.06. The fraction of sp³-hybridized carbons (Fsp3) is 0.167. The van der Waals surface area contributed by atoms with Crippen LogP contribution in [0.15, 0.2) is 24.4 Å². The van der Waals surface area contributed by atoms with Crippen molar-refractivity contribution in [2.75, 3.05) is 12.8 Å². The van der Waals surface area contributed by atoms with Crippen LogP contribution < -0.4 is 10.5 Å². The molecule has 2 N–H and O–H groups in total. The third-order valence-corrected chi connectivity index (χ3v) is 3.44. The molecule has 0 spiro atoms. The van der Waals surface area contributed by atoms with Gasteiger partial charge in [0.25, 0.3) is 0 Å². The van der Waals surface area contributed by atoms with Gasteiger partial charge in [-0.15, -0.1) is 5.10 Å². The molecule has 92 valence electrons. The van der Waals surface area contributed by atoms with Crippen molar-refractivity contribution in [2.45, 2.75) is 6.92 Å². The van der Waals surface area contributed by atoms with Gasteiger partial charge in [-0.2, -0.15) is 0 Å². The second-order valence-corrected chi connectivity index (χ2v) is 4.98. The van der Waals surface area contributed by atoms with Crippen molar-refractivity contribution < 1.29 is 4.74 Å². The average molecular weight is 260 g/mol. The maximum atomic E-state index is 5.63. The summed E-state index contributed by atoms with van der Waals surface area (Å²) in [5, 5.41) is 4.66. The van der Waals surface area contributed by atoms with Gasteiger partial charge in [-0.25, -0.2) is 9.50 Å². The lowest BCUT2D eigenvalue weighted by Crippen LogP contribution is -1.89. The van der Waals surface area contributed by atoms with Crippen LogP contribution >= 0.6 is 11.3 Å². The SMILES string of the molecule is COc1ccc(C)cc1-c1cn2nc(N)sc2n1. The van der Waals surface area contributed by atoms with Crippen LogP contribution in [0.5, 0.6) is 5.75 Å². The Hall–Kier alpha value is -2.08. The van der Waals surface area contributed by atoms with Gasteiger partial charge in [-0.3, -0.25) is 0 Å². The van der Waals surface area contributed by atoms with Crippen LogP contribution in [0.25, 0.3) is 16.2 Å². The van der Waals surface area contributed by atoms with Gasteiger partial charge in [-0.1, -0.05) is 23.0 Å². The Bertz CT molecular complexity index is 685. The van der Waals surface area contributed by atoms with E-state index in [4.69, 9.17) is 10.5 Å². The highest BCUT2D eigenvalue weighted by Gasteiger charge is 2.12. The summed E-state index contributed by atoms with van der Waals surface area (Å²) >= 11 is 1.36. The Kier molecular flexibility index (Phi) is 2.45. The van der Waals surface area contributed by atoms with Crippen LogP contribution in [0.4, 0.5) is 5.13 Å². The second-order valence-electron chi connectivity index (χ2n) is 4.00.